The van der Waals surface area contributed by atoms with Crippen LogP contribution in [0, 0.1) is 11.8 Å². The lowest BCUT2D eigenvalue weighted by atomic mass is 9.81. The first-order valence-electron chi connectivity index (χ1n) is 7.50. The third-order valence-electron chi connectivity index (χ3n) is 4.02. The first-order valence-corrected chi connectivity index (χ1v) is 7.50. The molecule has 0 aromatic heterocycles. The molecular formula is C15H30N2O. The van der Waals surface area contributed by atoms with Crippen molar-refractivity contribution in [2.24, 2.45) is 11.8 Å². The third-order valence-corrected chi connectivity index (χ3v) is 4.02. The van der Waals surface area contributed by atoms with E-state index in [2.05, 4.69) is 12.2 Å². The molecule has 106 valence electrons. The van der Waals surface area contributed by atoms with Crippen molar-refractivity contribution in [2.75, 3.05) is 27.2 Å². The van der Waals surface area contributed by atoms with E-state index in [0.717, 1.165) is 31.3 Å². The SMILES string of the molecule is CC1CCCC(CCNCCCC(=O)N(C)C)C1. The third kappa shape index (κ3) is 6.39. The number of hydrogen-bond donors (Lipinski definition) is 1. The van der Waals surface area contributed by atoms with Gasteiger partial charge in [-0.2, -0.15) is 0 Å². The highest BCUT2D eigenvalue weighted by molar-refractivity contribution is 5.75. The molecule has 18 heavy (non-hydrogen) atoms. The van der Waals surface area contributed by atoms with Crippen molar-refractivity contribution in [3.05, 3.63) is 0 Å². The van der Waals surface area contributed by atoms with Crippen molar-refractivity contribution >= 4 is 5.91 Å². The minimum Gasteiger partial charge on any atom is -0.349 e. The Morgan fingerprint density at radius 1 is 1.28 bits per heavy atom. The molecule has 0 heterocycles. The Morgan fingerprint density at radius 2 is 2.06 bits per heavy atom. The number of rotatable bonds is 7. The second-order valence-corrected chi connectivity index (χ2v) is 6.07. The summed E-state index contributed by atoms with van der Waals surface area (Å²) in [5.41, 5.74) is 0. The van der Waals surface area contributed by atoms with Crippen LogP contribution in [0.25, 0.3) is 0 Å². The van der Waals surface area contributed by atoms with E-state index in [1.807, 2.05) is 14.1 Å². The molecule has 1 fully saturated rings. The smallest absolute Gasteiger partial charge is 0.222 e. The van der Waals surface area contributed by atoms with Gasteiger partial charge in [-0.25, -0.2) is 0 Å². The van der Waals surface area contributed by atoms with E-state index in [-0.39, 0.29) is 5.91 Å². The fourth-order valence-corrected chi connectivity index (χ4v) is 2.84. The molecule has 0 radical (unpaired) electrons. The van der Waals surface area contributed by atoms with Gasteiger partial charge in [-0.3, -0.25) is 4.79 Å². The zero-order valence-electron chi connectivity index (χ0n) is 12.4. The normalized spacial score (nSPS) is 23.9. The van der Waals surface area contributed by atoms with Gasteiger partial charge < -0.3 is 10.2 Å². The molecule has 3 nitrogen and oxygen atoms in total. The van der Waals surface area contributed by atoms with Crippen LogP contribution in [0.2, 0.25) is 0 Å². The molecule has 1 rings (SSSR count). The second-order valence-electron chi connectivity index (χ2n) is 6.07. The lowest BCUT2D eigenvalue weighted by molar-refractivity contribution is -0.128. The molecule has 1 aliphatic carbocycles. The fourth-order valence-electron chi connectivity index (χ4n) is 2.84. The number of carbonyl (C=O) groups is 1. The van der Waals surface area contributed by atoms with Crippen molar-refractivity contribution in [3.63, 3.8) is 0 Å². The summed E-state index contributed by atoms with van der Waals surface area (Å²) in [5.74, 6) is 2.10. The largest absolute Gasteiger partial charge is 0.349 e. The van der Waals surface area contributed by atoms with E-state index in [4.69, 9.17) is 0 Å². The molecule has 1 aliphatic rings. The van der Waals surface area contributed by atoms with Gasteiger partial charge in [0.25, 0.3) is 0 Å². The predicted octanol–water partition coefficient (Wildman–Crippen LogP) is 2.66. The van der Waals surface area contributed by atoms with Gasteiger partial charge in [0.15, 0.2) is 0 Å². The minimum atomic E-state index is 0.234. The van der Waals surface area contributed by atoms with Crippen LogP contribution in [-0.2, 0) is 4.79 Å². The Kier molecular flexibility index (Phi) is 7.33. The van der Waals surface area contributed by atoms with Gasteiger partial charge in [0.05, 0.1) is 0 Å². The maximum atomic E-state index is 11.4. The Morgan fingerprint density at radius 3 is 2.72 bits per heavy atom. The van der Waals surface area contributed by atoms with E-state index in [1.165, 1.54) is 32.1 Å². The second kappa shape index (κ2) is 8.52. The molecule has 0 aromatic carbocycles. The highest BCUT2D eigenvalue weighted by Crippen LogP contribution is 2.30. The number of amides is 1. The Bertz CT molecular complexity index is 241. The molecular weight excluding hydrogens is 224 g/mol. The van der Waals surface area contributed by atoms with Crippen LogP contribution in [-0.4, -0.2) is 38.0 Å². The van der Waals surface area contributed by atoms with Gasteiger partial charge in [0, 0.05) is 20.5 Å². The summed E-state index contributed by atoms with van der Waals surface area (Å²) in [6.45, 7) is 4.47. The molecule has 0 spiro atoms. The van der Waals surface area contributed by atoms with Crippen LogP contribution in [0.3, 0.4) is 0 Å². The average Bonchev–Trinajstić information content (AvgIpc) is 2.33. The highest BCUT2D eigenvalue weighted by Gasteiger charge is 2.17. The maximum Gasteiger partial charge on any atom is 0.222 e. The molecule has 2 atom stereocenters. The summed E-state index contributed by atoms with van der Waals surface area (Å²) >= 11 is 0. The summed E-state index contributed by atoms with van der Waals surface area (Å²) in [4.78, 5) is 13.0. The molecule has 1 N–H and O–H groups in total. The van der Waals surface area contributed by atoms with Crippen LogP contribution in [0.5, 0.6) is 0 Å². The maximum absolute atomic E-state index is 11.4. The summed E-state index contributed by atoms with van der Waals surface area (Å²) in [6, 6.07) is 0. The number of hydrogen-bond acceptors (Lipinski definition) is 2. The van der Waals surface area contributed by atoms with Crippen LogP contribution in [0.1, 0.15) is 51.9 Å². The Labute approximate surface area is 112 Å². The number of nitrogens with zero attached hydrogens (tertiary/aromatic N) is 1. The van der Waals surface area contributed by atoms with E-state index < -0.39 is 0 Å². The molecule has 1 saturated carbocycles. The quantitative estimate of drug-likeness (QED) is 0.708. The lowest BCUT2D eigenvalue weighted by Gasteiger charge is -2.26. The van der Waals surface area contributed by atoms with Gasteiger partial charge in [-0.1, -0.05) is 26.2 Å². The predicted molar refractivity (Wildman–Crippen MR) is 76.5 cm³/mol. The Balaban J connectivity index is 1.94. The van der Waals surface area contributed by atoms with Crippen LogP contribution < -0.4 is 5.32 Å². The fraction of sp³-hybridized carbons (Fsp3) is 0.933. The molecule has 0 saturated heterocycles. The molecule has 2 unspecified atom stereocenters. The summed E-state index contributed by atoms with van der Waals surface area (Å²) in [6.07, 6.45) is 8.62. The zero-order valence-corrected chi connectivity index (χ0v) is 12.4. The zero-order chi connectivity index (χ0) is 13.4. The molecule has 0 bridgehead atoms. The first kappa shape index (κ1) is 15.5. The van der Waals surface area contributed by atoms with E-state index >= 15 is 0 Å². The average molecular weight is 254 g/mol. The van der Waals surface area contributed by atoms with Gasteiger partial charge in [0.2, 0.25) is 5.91 Å². The monoisotopic (exact) mass is 254 g/mol. The van der Waals surface area contributed by atoms with E-state index in [0.29, 0.717) is 6.42 Å². The summed E-state index contributed by atoms with van der Waals surface area (Å²) < 4.78 is 0. The number of carbonyl (C=O) groups excluding carboxylic acids is 1. The van der Waals surface area contributed by atoms with E-state index in [1.54, 1.807) is 4.90 Å². The van der Waals surface area contributed by atoms with E-state index in [9.17, 15) is 4.79 Å². The summed E-state index contributed by atoms with van der Waals surface area (Å²) in [7, 11) is 3.64. The van der Waals surface area contributed by atoms with Crippen LogP contribution in [0.15, 0.2) is 0 Å². The van der Waals surface area contributed by atoms with Crippen molar-refractivity contribution in [2.45, 2.75) is 51.9 Å². The van der Waals surface area contributed by atoms with Crippen LogP contribution >= 0.6 is 0 Å². The van der Waals surface area contributed by atoms with Gasteiger partial charge >= 0.3 is 0 Å². The standard InChI is InChI=1S/C15H30N2O/c1-13-6-4-7-14(12-13)9-11-16-10-5-8-15(18)17(2)3/h13-14,16H,4-12H2,1-3H3. The van der Waals surface area contributed by atoms with Gasteiger partial charge in [-0.05, 0) is 44.2 Å². The van der Waals surface area contributed by atoms with Crippen molar-refractivity contribution in [1.29, 1.82) is 0 Å². The van der Waals surface area contributed by atoms with Crippen molar-refractivity contribution < 1.29 is 4.79 Å². The van der Waals surface area contributed by atoms with Crippen molar-refractivity contribution in [3.8, 4) is 0 Å². The molecule has 0 aliphatic heterocycles. The number of nitrogens with one attached hydrogen (secondary N) is 1. The van der Waals surface area contributed by atoms with Crippen LogP contribution in [0.4, 0.5) is 0 Å². The summed E-state index contributed by atoms with van der Waals surface area (Å²) in [5, 5.41) is 3.47. The lowest BCUT2D eigenvalue weighted by Crippen LogP contribution is -2.25. The topological polar surface area (TPSA) is 32.3 Å². The molecule has 0 aromatic rings. The minimum absolute atomic E-state index is 0.234. The molecule has 1 amide bonds. The van der Waals surface area contributed by atoms with Gasteiger partial charge in [0.1, 0.15) is 0 Å². The highest BCUT2D eigenvalue weighted by atomic mass is 16.2. The molecule has 3 heteroatoms. The first-order chi connectivity index (χ1) is 8.59. The van der Waals surface area contributed by atoms with Crippen molar-refractivity contribution in [1.82, 2.24) is 10.2 Å². The van der Waals surface area contributed by atoms with Gasteiger partial charge in [-0.15, -0.1) is 0 Å². The Hall–Kier alpha value is -0.570.